The average molecular weight is 497 g/mol. The predicted molar refractivity (Wildman–Crippen MR) is 142 cm³/mol. The molecule has 2 atom stereocenters. The van der Waals surface area contributed by atoms with Crippen LogP contribution in [-0.4, -0.2) is 66.4 Å². The Labute approximate surface area is 216 Å². The van der Waals surface area contributed by atoms with Crippen LogP contribution >= 0.6 is 0 Å². The summed E-state index contributed by atoms with van der Waals surface area (Å²) in [5.41, 5.74) is 0. The van der Waals surface area contributed by atoms with Crippen LogP contribution in [0, 0.1) is 24.2 Å². The Morgan fingerprint density at radius 3 is 1.86 bits per heavy atom. The molecule has 0 aromatic rings. The van der Waals surface area contributed by atoms with Gasteiger partial charge in [0.1, 0.15) is 13.6 Å². The molecule has 6 heteroatoms. The lowest BCUT2D eigenvalue weighted by Crippen LogP contribution is -2.24. The van der Waals surface area contributed by atoms with E-state index in [0.717, 1.165) is 38.5 Å². The molecule has 0 rings (SSSR count). The monoisotopic (exact) mass is 496 g/mol. The first-order valence-electron chi connectivity index (χ1n) is 13.5. The van der Waals surface area contributed by atoms with Gasteiger partial charge in [0, 0.05) is 33.5 Å². The van der Waals surface area contributed by atoms with Crippen LogP contribution < -0.4 is 0 Å². The van der Waals surface area contributed by atoms with Crippen molar-refractivity contribution in [2.24, 2.45) is 0 Å². The molecule has 6 nitrogen and oxygen atoms in total. The van der Waals surface area contributed by atoms with Gasteiger partial charge in [-0.15, -0.1) is 24.2 Å². The van der Waals surface area contributed by atoms with Gasteiger partial charge in [-0.3, -0.25) is 0 Å². The largest absolute Gasteiger partial charge is 0.376 e. The molecular formula is C29H52O6. The highest BCUT2D eigenvalue weighted by atomic mass is 16.7. The molecule has 0 aliphatic carbocycles. The number of hydrogen-bond donors (Lipinski definition) is 0. The highest BCUT2D eigenvalue weighted by Crippen LogP contribution is 2.12. The highest BCUT2D eigenvalue weighted by Gasteiger charge is 2.11. The number of methoxy groups -OCH3 is 2. The molecule has 0 aliphatic rings. The normalized spacial score (nSPS) is 12.6. The van der Waals surface area contributed by atoms with Crippen LogP contribution in [0.4, 0.5) is 0 Å². The van der Waals surface area contributed by atoms with Gasteiger partial charge in [0.25, 0.3) is 0 Å². The van der Waals surface area contributed by atoms with Gasteiger partial charge in [0.15, 0.2) is 0 Å². The summed E-state index contributed by atoms with van der Waals surface area (Å²) in [6, 6.07) is 0. The van der Waals surface area contributed by atoms with E-state index in [1.54, 1.807) is 14.2 Å². The molecule has 0 radical (unpaired) electrons. The number of unbranched alkanes of at least 4 members (excludes halogenated alkanes) is 10. The summed E-state index contributed by atoms with van der Waals surface area (Å²) in [5, 5.41) is 0. The predicted octanol–water partition coefficient (Wildman–Crippen LogP) is 6.12. The number of rotatable bonds is 26. The second kappa shape index (κ2) is 29.1. The Bertz CT molecular complexity index is 521. The zero-order valence-electron chi connectivity index (χ0n) is 22.8. The highest BCUT2D eigenvalue weighted by molar-refractivity contribution is 5.00. The molecule has 0 amide bonds. The summed E-state index contributed by atoms with van der Waals surface area (Å²) in [6.45, 7) is 4.81. The smallest absolute Gasteiger partial charge is 0.146 e. The van der Waals surface area contributed by atoms with Gasteiger partial charge < -0.3 is 28.4 Å². The zero-order valence-corrected chi connectivity index (χ0v) is 22.8. The summed E-state index contributed by atoms with van der Waals surface area (Å²) >= 11 is 0. The summed E-state index contributed by atoms with van der Waals surface area (Å²) in [6.07, 6.45) is 21.0. The van der Waals surface area contributed by atoms with Crippen molar-refractivity contribution >= 4 is 0 Å². The zero-order chi connectivity index (χ0) is 25.7. The summed E-state index contributed by atoms with van der Waals surface area (Å²) in [4.78, 5) is 0. The molecule has 35 heavy (non-hydrogen) atoms. The topological polar surface area (TPSA) is 55.4 Å². The second-order valence-corrected chi connectivity index (χ2v) is 8.77. The van der Waals surface area contributed by atoms with E-state index in [4.69, 9.17) is 34.8 Å². The van der Waals surface area contributed by atoms with Gasteiger partial charge in [-0.1, -0.05) is 58.3 Å². The third-order valence-electron chi connectivity index (χ3n) is 5.53. The molecular weight excluding hydrogens is 444 g/mol. The molecule has 0 aliphatic heterocycles. The van der Waals surface area contributed by atoms with E-state index in [9.17, 15) is 0 Å². The maximum Gasteiger partial charge on any atom is 0.146 e. The Morgan fingerprint density at radius 1 is 0.657 bits per heavy atom. The van der Waals surface area contributed by atoms with Gasteiger partial charge in [-0.05, 0) is 19.3 Å². The van der Waals surface area contributed by atoms with Crippen molar-refractivity contribution in [1.29, 1.82) is 0 Å². The SMILES string of the molecule is C#CCCCCC#CC[C@@H](COCCOC[C@H](CCCCCCCCCC)OCOC)OCOC. The lowest BCUT2D eigenvalue weighted by Gasteiger charge is -2.18. The van der Waals surface area contributed by atoms with Crippen LogP contribution in [0.3, 0.4) is 0 Å². The van der Waals surface area contributed by atoms with Gasteiger partial charge in [0.05, 0.1) is 38.6 Å². The first-order valence-corrected chi connectivity index (χ1v) is 13.5. The molecule has 0 spiro atoms. The first-order chi connectivity index (χ1) is 17.3. The molecule has 0 heterocycles. The number of ether oxygens (including phenoxy) is 6. The molecule has 0 N–H and O–H groups in total. The van der Waals surface area contributed by atoms with Crippen molar-refractivity contribution in [3.8, 4) is 24.2 Å². The summed E-state index contributed by atoms with van der Waals surface area (Å²) in [5.74, 6) is 9.01. The second-order valence-electron chi connectivity index (χ2n) is 8.77. The Kier molecular flexibility index (Phi) is 28.2. The van der Waals surface area contributed by atoms with E-state index in [-0.39, 0.29) is 19.0 Å². The van der Waals surface area contributed by atoms with Crippen molar-refractivity contribution in [1.82, 2.24) is 0 Å². The van der Waals surface area contributed by atoms with E-state index in [1.807, 2.05) is 0 Å². The number of hydrogen-bond acceptors (Lipinski definition) is 6. The minimum Gasteiger partial charge on any atom is -0.376 e. The van der Waals surface area contributed by atoms with Crippen LogP contribution in [0.25, 0.3) is 0 Å². The van der Waals surface area contributed by atoms with Crippen LogP contribution in [0.15, 0.2) is 0 Å². The third-order valence-corrected chi connectivity index (χ3v) is 5.53. The first kappa shape index (κ1) is 33.9. The standard InChI is InChI=1S/C29H52O6/c1-5-7-9-11-13-15-17-19-21-29(35-27-31-4)25-33-23-22-32-24-28(34-26-30-3)20-18-16-14-12-10-8-6-2/h2,28-29H,5,7-15,17,19-27H2,1,3-4H3/t28-,29-/m0/s1. The Balaban J connectivity index is 3.99. The van der Waals surface area contributed by atoms with Crippen LogP contribution in [0.5, 0.6) is 0 Å². The maximum atomic E-state index is 5.81. The molecule has 0 saturated heterocycles. The van der Waals surface area contributed by atoms with Crippen molar-refractivity contribution in [2.75, 3.05) is 54.2 Å². The lowest BCUT2D eigenvalue weighted by atomic mass is 10.1. The summed E-state index contributed by atoms with van der Waals surface area (Å²) in [7, 11) is 3.26. The summed E-state index contributed by atoms with van der Waals surface area (Å²) < 4.78 is 33.1. The quantitative estimate of drug-likeness (QED) is 0.0817. The van der Waals surface area contributed by atoms with E-state index >= 15 is 0 Å². The Hall–Kier alpha value is -1.12. The molecule has 0 bridgehead atoms. The molecule has 0 unspecified atom stereocenters. The van der Waals surface area contributed by atoms with E-state index in [0.29, 0.717) is 39.6 Å². The molecule has 204 valence electrons. The van der Waals surface area contributed by atoms with Crippen molar-refractivity contribution in [3.63, 3.8) is 0 Å². The molecule has 0 aromatic carbocycles. The van der Waals surface area contributed by atoms with Crippen LogP contribution in [0.2, 0.25) is 0 Å². The molecule has 0 saturated carbocycles. The number of terminal acetylenes is 1. The fraction of sp³-hybridized carbons (Fsp3) is 0.862. The minimum atomic E-state index is -0.118. The maximum absolute atomic E-state index is 5.81. The van der Waals surface area contributed by atoms with Gasteiger partial charge in [-0.25, -0.2) is 0 Å². The van der Waals surface area contributed by atoms with Gasteiger partial charge in [0.2, 0.25) is 0 Å². The lowest BCUT2D eigenvalue weighted by molar-refractivity contribution is -0.111. The van der Waals surface area contributed by atoms with Gasteiger partial charge >= 0.3 is 0 Å². The minimum absolute atomic E-state index is 0.0590. The van der Waals surface area contributed by atoms with Gasteiger partial charge in [-0.2, -0.15) is 0 Å². The van der Waals surface area contributed by atoms with Crippen LogP contribution in [0.1, 0.15) is 96.8 Å². The average Bonchev–Trinajstić information content (AvgIpc) is 2.87. The van der Waals surface area contributed by atoms with E-state index in [2.05, 4.69) is 24.7 Å². The molecule has 0 fully saturated rings. The van der Waals surface area contributed by atoms with E-state index < -0.39 is 0 Å². The van der Waals surface area contributed by atoms with Crippen molar-refractivity contribution in [2.45, 2.75) is 109 Å². The van der Waals surface area contributed by atoms with Crippen LogP contribution in [-0.2, 0) is 28.4 Å². The third kappa shape index (κ3) is 25.8. The molecule has 0 aromatic heterocycles. The fourth-order valence-corrected chi connectivity index (χ4v) is 3.48. The van der Waals surface area contributed by atoms with Crippen molar-refractivity contribution in [3.05, 3.63) is 0 Å². The Morgan fingerprint density at radius 2 is 1.23 bits per heavy atom. The van der Waals surface area contributed by atoms with E-state index in [1.165, 1.54) is 44.9 Å². The fourth-order valence-electron chi connectivity index (χ4n) is 3.48. The van der Waals surface area contributed by atoms with Crippen molar-refractivity contribution < 1.29 is 28.4 Å².